The summed E-state index contributed by atoms with van der Waals surface area (Å²) >= 11 is 6.09. The highest BCUT2D eigenvalue weighted by Crippen LogP contribution is 2.23. The predicted molar refractivity (Wildman–Crippen MR) is 134 cm³/mol. The molecule has 2 N–H and O–H groups in total. The monoisotopic (exact) mass is 540 g/mol. The average molecular weight is 541 g/mol. The van der Waals surface area contributed by atoms with E-state index in [-0.39, 0.29) is 35.9 Å². The molecule has 1 unspecified atom stereocenters. The van der Waals surface area contributed by atoms with Crippen LogP contribution < -0.4 is 10.6 Å². The highest BCUT2D eigenvalue weighted by molar-refractivity contribution is 14.0. The number of hydrogen-bond acceptors (Lipinski definition) is 2. The fourth-order valence-corrected chi connectivity index (χ4v) is 3.67. The van der Waals surface area contributed by atoms with Crippen LogP contribution in [0.2, 0.25) is 5.02 Å². The first-order valence-electron chi connectivity index (χ1n) is 10.2. The molecule has 5 nitrogen and oxygen atoms in total. The Morgan fingerprint density at radius 3 is 2.50 bits per heavy atom. The molecule has 0 aromatic heterocycles. The third-order valence-corrected chi connectivity index (χ3v) is 5.29. The van der Waals surface area contributed by atoms with Gasteiger partial charge in [0, 0.05) is 37.6 Å². The van der Waals surface area contributed by atoms with Gasteiger partial charge in [-0.1, -0.05) is 48.0 Å². The summed E-state index contributed by atoms with van der Waals surface area (Å²) in [5.74, 6) is 0.947. The van der Waals surface area contributed by atoms with Gasteiger partial charge < -0.3 is 15.5 Å². The van der Waals surface area contributed by atoms with E-state index in [9.17, 15) is 4.79 Å². The Morgan fingerprint density at radius 1 is 1.17 bits per heavy atom. The zero-order valence-corrected chi connectivity index (χ0v) is 20.6. The van der Waals surface area contributed by atoms with Crippen LogP contribution >= 0.6 is 35.6 Å². The molecular weight excluding hydrogens is 511 g/mol. The van der Waals surface area contributed by atoms with E-state index in [2.05, 4.69) is 34.7 Å². The number of aliphatic imine (C=N–C) groups is 1. The second kappa shape index (κ2) is 12.2. The molecule has 0 bridgehead atoms. The lowest BCUT2D eigenvalue weighted by molar-refractivity contribution is -0.131. The molecule has 1 atom stereocenters. The van der Waals surface area contributed by atoms with Gasteiger partial charge in [-0.05, 0) is 49.1 Å². The molecule has 1 aliphatic rings. The minimum atomic E-state index is 0. The maximum atomic E-state index is 12.5. The summed E-state index contributed by atoms with van der Waals surface area (Å²) in [4.78, 5) is 19.1. The van der Waals surface area contributed by atoms with Crippen LogP contribution in [-0.4, -0.2) is 29.9 Å². The minimum absolute atomic E-state index is 0. The number of carbonyl (C=O) groups excluding carboxylic acids is 1. The number of hydrogen-bond donors (Lipinski definition) is 2. The second-order valence-electron chi connectivity index (χ2n) is 7.30. The molecule has 30 heavy (non-hydrogen) atoms. The van der Waals surface area contributed by atoms with E-state index in [0.29, 0.717) is 13.0 Å². The fourth-order valence-electron chi connectivity index (χ4n) is 3.47. The molecule has 0 fully saturated rings. The number of fused-ring (bicyclic) bond motifs is 1. The van der Waals surface area contributed by atoms with Crippen molar-refractivity contribution in [2.24, 2.45) is 4.99 Å². The molecule has 1 amide bonds. The predicted octanol–water partition coefficient (Wildman–Crippen LogP) is 4.90. The molecule has 3 rings (SSSR count). The standard InChI is InChI=1S/C23H29ClN4O.HI/c1-3-25-23(27-17(2)18-10-6-11-21(24)14-18)26-13-7-12-22(29)28-15-19-8-4-5-9-20(19)16-28;/h4-6,8-11,14,17H,3,7,12-13,15-16H2,1-2H3,(H2,25,26,27);1H. The van der Waals surface area contributed by atoms with Crippen LogP contribution in [0.3, 0.4) is 0 Å². The van der Waals surface area contributed by atoms with Gasteiger partial charge in [0.25, 0.3) is 0 Å². The van der Waals surface area contributed by atoms with Gasteiger partial charge in [0.05, 0.1) is 6.04 Å². The fraction of sp³-hybridized carbons (Fsp3) is 0.391. The first-order valence-corrected chi connectivity index (χ1v) is 10.6. The topological polar surface area (TPSA) is 56.7 Å². The van der Waals surface area contributed by atoms with Crippen molar-refractivity contribution in [3.05, 3.63) is 70.2 Å². The smallest absolute Gasteiger partial charge is 0.223 e. The highest BCUT2D eigenvalue weighted by atomic mass is 127. The summed E-state index contributed by atoms with van der Waals surface area (Å²) in [5, 5.41) is 7.39. The van der Waals surface area contributed by atoms with Crippen molar-refractivity contribution in [3.63, 3.8) is 0 Å². The van der Waals surface area contributed by atoms with E-state index in [0.717, 1.165) is 42.6 Å². The maximum absolute atomic E-state index is 12.5. The van der Waals surface area contributed by atoms with Crippen molar-refractivity contribution in [3.8, 4) is 0 Å². The van der Waals surface area contributed by atoms with Crippen molar-refractivity contribution >= 4 is 47.4 Å². The van der Waals surface area contributed by atoms with Crippen molar-refractivity contribution in [1.82, 2.24) is 15.5 Å². The maximum Gasteiger partial charge on any atom is 0.223 e. The van der Waals surface area contributed by atoms with Crippen molar-refractivity contribution in [1.29, 1.82) is 0 Å². The molecule has 0 saturated heterocycles. The third-order valence-electron chi connectivity index (χ3n) is 5.06. The summed E-state index contributed by atoms with van der Waals surface area (Å²) < 4.78 is 0. The SMILES string of the molecule is CCNC(=NCCCC(=O)N1Cc2ccccc2C1)NC(C)c1cccc(Cl)c1.I. The summed E-state index contributed by atoms with van der Waals surface area (Å²) in [6, 6.07) is 16.1. The first kappa shape index (κ1) is 24.5. The Morgan fingerprint density at radius 2 is 1.87 bits per heavy atom. The Balaban J connectivity index is 0.00000320. The number of nitrogens with one attached hydrogen (secondary N) is 2. The number of halogens is 2. The van der Waals surface area contributed by atoms with E-state index >= 15 is 0 Å². The largest absolute Gasteiger partial charge is 0.357 e. The van der Waals surface area contributed by atoms with Crippen LogP contribution in [0.1, 0.15) is 49.4 Å². The van der Waals surface area contributed by atoms with Crippen molar-refractivity contribution < 1.29 is 4.79 Å². The minimum Gasteiger partial charge on any atom is -0.357 e. The van der Waals surface area contributed by atoms with Crippen LogP contribution in [0.5, 0.6) is 0 Å². The number of nitrogens with zero attached hydrogens (tertiary/aromatic N) is 2. The summed E-state index contributed by atoms with van der Waals surface area (Å²) in [6.07, 6.45) is 1.24. The van der Waals surface area contributed by atoms with Crippen LogP contribution in [0, 0.1) is 0 Å². The molecule has 1 aliphatic heterocycles. The van der Waals surface area contributed by atoms with E-state index in [1.807, 2.05) is 48.2 Å². The molecule has 2 aromatic carbocycles. The van der Waals surface area contributed by atoms with Gasteiger partial charge in [-0.2, -0.15) is 0 Å². The van der Waals surface area contributed by atoms with Gasteiger partial charge in [0.1, 0.15) is 0 Å². The van der Waals surface area contributed by atoms with Crippen LogP contribution in [0.25, 0.3) is 0 Å². The molecule has 162 valence electrons. The van der Waals surface area contributed by atoms with Crippen molar-refractivity contribution in [2.45, 2.75) is 45.8 Å². The Bertz CT molecular complexity index is 849. The van der Waals surface area contributed by atoms with Crippen LogP contribution in [0.4, 0.5) is 0 Å². The summed E-state index contributed by atoms with van der Waals surface area (Å²) in [6.45, 7) is 6.94. The third kappa shape index (κ3) is 6.87. The molecular formula is C23H30ClIN4O. The lowest BCUT2D eigenvalue weighted by Gasteiger charge is -2.18. The number of amides is 1. The van der Waals surface area contributed by atoms with Gasteiger partial charge in [0.2, 0.25) is 5.91 Å². The molecule has 0 saturated carbocycles. The second-order valence-corrected chi connectivity index (χ2v) is 7.74. The molecule has 0 spiro atoms. The quantitative estimate of drug-likeness (QED) is 0.227. The Kier molecular flexibility index (Phi) is 9.91. The number of rotatable bonds is 7. The van der Waals surface area contributed by atoms with Crippen LogP contribution in [-0.2, 0) is 17.9 Å². The van der Waals surface area contributed by atoms with E-state index in [1.165, 1.54) is 11.1 Å². The molecule has 0 aliphatic carbocycles. The van der Waals surface area contributed by atoms with E-state index < -0.39 is 0 Å². The summed E-state index contributed by atoms with van der Waals surface area (Å²) in [7, 11) is 0. The van der Waals surface area contributed by atoms with Gasteiger partial charge in [-0.25, -0.2) is 0 Å². The zero-order valence-electron chi connectivity index (χ0n) is 17.5. The number of benzene rings is 2. The molecule has 0 radical (unpaired) electrons. The van der Waals surface area contributed by atoms with Gasteiger partial charge in [-0.15, -0.1) is 24.0 Å². The molecule has 1 heterocycles. The lowest BCUT2D eigenvalue weighted by atomic mass is 10.1. The van der Waals surface area contributed by atoms with Gasteiger partial charge >= 0.3 is 0 Å². The zero-order chi connectivity index (χ0) is 20.6. The van der Waals surface area contributed by atoms with E-state index in [1.54, 1.807) is 0 Å². The van der Waals surface area contributed by atoms with E-state index in [4.69, 9.17) is 11.6 Å². The first-order chi connectivity index (χ1) is 14.1. The van der Waals surface area contributed by atoms with Crippen LogP contribution in [0.15, 0.2) is 53.5 Å². The molecule has 2 aromatic rings. The highest BCUT2D eigenvalue weighted by Gasteiger charge is 2.22. The molecule has 7 heteroatoms. The number of guanidine groups is 1. The Labute approximate surface area is 201 Å². The summed E-state index contributed by atoms with van der Waals surface area (Å²) in [5.41, 5.74) is 3.62. The van der Waals surface area contributed by atoms with Crippen molar-refractivity contribution in [2.75, 3.05) is 13.1 Å². The lowest BCUT2D eigenvalue weighted by Crippen LogP contribution is -2.38. The van der Waals surface area contributed by atoms with Gasteiger partial charge in [-0.3, -0.25) is 9.79 Å². The van der Waals surface area contributed by atoms with Gasteiger partial charge in [0.15, 0.2) is 5.96 Å². The average Bonchev–Trinajstić information content (AvgIpc) is 3.15. The Hall–Kier alpha value is -1.80. The number of carbonyl (C=O) groups is 1. The normalized spacial score (nSPS) is 14.0.